The number of furan rings is 1. The summed E-state index contributed by atoms with van der Waals surface area (Å²) in [6.07, 6.45) is 1.09. The topological polar surface area (TPSA) is 76.3 Å². The third-order valence-corrected chi connectivity index (χ3v) is 5.92. The number of ether oxygens (including phenoxy) is 2. The van der Waals surface area contributed by atoms with Crippen molar-refractivity contribution in [1.29, 1.82) is 0 Å². The molecule has 2 aliphatic rings. The highest BCUT2D eigenvalue weighted by Crippen LogP contribution is 2.39. The summed E-state index contributed by atoms with van der Waals surface area (Å²) in [5.74, 6) is -1.15. The highest BCUT2D eigenvalue weighted by molar-refractivity contribution is 5.96. The number of carbonyl (C=O) groups excluding carboxylic acids is 1. The van der Waals surface area contributed by atoms with Gasteiger partial charge in [-0.05, 0) is 51.1 Å². The van der Waals surface area contributed by atoms with Gasteiger partial charge in [-0.3, -0.25) is 4.79 Å². The van der Waals surface area contributed by atoms with Gasteiger partial charge in [0.15, 0.2) is 5.76 Å². The monoisotopic (exact) mass is 489 g/mol. The van der Waals surface area contributed by atoms with Gasteiger partial charge >= 0.3 is 12.3 Å². The van der Waals surface area contributed by atoms with Crippen molar-refractivity contribution >= 4 is 23.1 Å². The Bertz CT molecular complexity index is 1230. The molecule has 0 saturated carbocycles. The van der Waals surface area contributed by atoms with Gasteiger partial charge in [0.25, 0.3) is 0 Å². The zero-order valence-electron chi connectivity index (χ0n) is 19.6. The minimum Gasteiger partial charge on any atom is -0.451 e. The van der Waals surface area contributed by atoms with E-state index in [9.17, 15) is 18.0 Å². The number of halogens is 3. The molecule has 1 amide bonds. The van der Waals surface area contributed by atoms with Crippen molar-refractivity contribution < 1.29 is 31.9 Å². The number of hydrogen-bond acceptors (Lipinski definition) is 6. The molecule has 186 valence electrons. The highest BCUT2D eigenvalue weighted by atomic mass is 19.4. The first-order chi connectivity index (χ1) is 16.7. The molecule has 35 heavy (non-hydrogen) atoms. The lowest BCUT2D eigenvalue weighted by Crippen LogP contribution is -2.35. The maximum Gasteiger partial charge on any atom is 0.573 e. The Morgan fingerprint density at radius 3 is 2.83 bits per heavy atom. The first-order valence-corrected chi connectivity index (χ1v) is 11.2. The number of rotatable bonds is 8. The fraction of sp³-hybridized carbons (Fsp3) is 0.360. The third kappa shape index (κ3) is 5.59. The first kappa shape index (κ1) is 24.6. The Morgan fingerprint density at radius 2 is 2.09 bits per heavy atom. The van der Waals surface area contributed by atoms with E-state index in [4.69, 9.17) is 9.15 Å². The Kier molecular flexibility index (Phi) is 7.02. The third-order valence-electron chi connectivity index (χ3n) is 5.92. The number of amides is 1. The summed E-state index contributed by atoms with van der Waals surface area (Å²) in [7, 11) is 0. The van der Waals surface area contributed by atoms with Gasteiger partial charge in [0.1, 0.15) is 11.3 Å². The van der Waals surface area contributed by atoms with Crippen molar-refractivity contribution in [1.82, 2.24) is 10.3 Å². The van der Waals surface area contributed by atoms with Gasteiger partial charge in [-0.1, -0.05) is 17.7 Å². The lowest BCUT2D eigenvalue weighted by molar-refractivity contribution is -0.303. The number of nitrogens with zero attached hydrogens (tertiary/aromatic N) is 2. The van der Waals surface area contributed by atoms with Crippen LogP contribution in [0.15, 0.2) is 69.0 Å². The number of alkyl halides is 3. The minimum atomic E-state index is -4.79. The van der Waals surface area contributed by atoms with E-state index in [1.807, 2.05) is 37.8 Å². The van der Waals surface area contributed by atoms with Crippen molar-refractivity contribution in [3.63, 3.8) is 0 Å². The fourth-order valence-corrected chi connectivity index (χ4v) is 4.34. The van der Waals surface area contributed by atoms with Crippen LogP contribution in [0.4, 0.5) is 13.2 Å². The van der Waals surface area contributed by atoms with Crippen LogP contribution in [0.3, 0.4) is 0 Å². The smallest absolute Gasteiger partial charge is 0.451 e. The maximum atomic E-state index is 12.8. The summed E-state index contributed by atoms with van der Waals surface area (Å²) in [6.45, 7) is 7.28. The van der Waals surface area contributed by atoms with Crippen LogP contribution < -0.4 is 5.43 Å². The predicted molar refractivity (Wildman–Crippen MR) is 124 cm³/mol. The number of hydrogen-bond donors (Lipinski definition) is 1. The average Bonchev–Trinajstić information content (AvgIpc) is 3.32. The van der Waals surface area contributed by atoms with Crippen LogP contribution >= 0.6 is 0 Å². The molecule has 7 nitrogen and oxygen atoms in total. The number of aryl methyl sites for hydroxylation is 1. The molecule has 1 N–H and O–H groups in total. The second-order valence-corrected chi connectivity index (χ2v) is 8.27. The van der Waals surface area contributed by atoms with Crippen LogP contribution in [-0.4, -0.2) is 49.2 Å². The number of fused-ring (bicyclic) bond motifs is 2. The Labute approximate surface area is 200 Å². The normalized spacial score (nSPS) is 20.1. The van der Waals surface area contributed by atoms with Crippen LogP contribution in [0.25, 0.3) is 11.0 Å². The standard InChI is InChI=1S/C25H26F3N3O4/c1-4-33-10-9-31-16(3)20(19-13-18(6-7-21(19)31)35-25(26,27)28)14-29-30-24(32)23-12-17-11-15(2)5-8-22(17)34-23/h5-8,11-14,19,21H,4,9-10H2,1-3H3,(H,30,32)/b29-14+. The average molecular weight is 489 g/mol. The second-order valence-electron chi connectivity index (χ2n) is 8.27. The summed E-state index contributed by atoms with van der Waals surface area (Å²) >= 11 is 0. The molecule has 1 aliphatic heterocycles. The molecule has 0 radical (unpaired) electrons. The van der Waals surface area contributed by atoms with Gasteiger partial charge in [0.2, 0.25) is 0 Å². The summed E-state index contributed by atoms with van der Waals surface area (Å²) in [6, 6.07) is 7.00. The zero-order valence-corrected chi connectivity index (χ0v) is 19.6. The molecule has 2 unspecified atom stereocenters. The van der Waals surface area contributed by atoms with Gasteiger partial charge in [-0.15, -0.1) is 13.2 Å². The molecular weight excluding hydrogens is 463 g/mol. The summed E-state index contributed by atoms with van der Waals surface area (Å²) in [5, 5.41) is 4.88. The van der Waals surface area contributed by atoms with Gasteiger partial charge in [-0.2, -0.15) is 5.10 Å². The van der Waals surface area contributed by atoms with Gasteiger partial charge in [0, 0.05) is 35.7 Å². The molecule has 1 aromatic heterocycles. The molecule has 10 heteroatoms. The lowest BCUT2D eigenvalue weighted by Gasteiger charge is -2.30. The van der Waals surface area contributed by atoms with E-state index >= 15 is 0 Å². The maximum absolute atomic E-state index is 12.8. The van der Waals surface area contributed by atoms with Crippen molar-refractivity contribution in [3.8, 4) is 0 Å². The van der Waals surface area contributed by atoms with E-state index in [2.05, 4.69) is 15.3 Å². The van der Waals surface area contributed by atoms with Gasteiger partial charge < -0.3 is 18.8 Å². The molecule has 4 rings (SSSR count). The second kappa shape index (κ2) is 9.99. The van der Waals surface area contributed by atoms with E-state index in [1.54, 1.807) is 18.2 Å². The SMILES string of the molecule is CCOCCN1C(C)=C(/C=N/NC(=O)c2cc3cc(C)ccc3o2)C2C=C(OC(F)(F)F)C=CC21. The van der Waals surface area contributed by atoms with Crippen LogP contribution in [0.2, 0.25) is 0 Å². The van der Waals surface area contributed by atoms with E-state index in [-0.39, 0.29) is 17.6 Å². The van der Waals surface area contributed by atoms with Gasteiger partial charge in [0.05, 0.1) is 18.9 Å². The summed E-state index contributed by atoms with van der Waals surface area (Å²) in [5.41, 5.74) is 5.56. The first-order valence-electron chi connectivity index (χ1n) is 11.2. The van der Waals surface area contributed by atoms with Crippen molar-refractivity contribution in [2.24, 2.45) is 11.0 Å². The largest absolute Gasteiger partial charge is 0.573 e. The van der Waals surface area contributed by atoms with Gasteiger partial charge in [-0.25, -0.2) is 5.43 Å². The van der Waals surface area contributed by atoms with Crippen LogP contribution in [0.1, 0.15) is 30.0 Å². The molecule has 2 aromatic rings. The Morgan fingerprint density at radius 1 is 1.29 bits per heavy atom. The van der Waals surface area contributed by atoms with E-state index in [1.165, 1.54) is 18.4 Å². The molecule has 1 aliphatic carbocycles. The van der Waals surface area contributed by atoms with E-state index in [0.29, 0.717) is 30.9 Å². The number of carbonyl (C=O) groups is 1. The van der Waals surface area contributed by atoms with Crippen molar-refractivity contribution in [2.75, 3.05) is 19.8 Å². The van der Waals surface area contributed by atoms with Crippen molar-refractivity contribution in [2.45, 2.75) is 33.2 Å². The molecule has 0 spiro atoms. The number of allylic oxidation sites excluding steroid dienone is 2. The quantitative estimate of drug-likeness (QED) is 0.319. The Balaban J connectivity index is 1.53. The molecule has 0 fully saturated rings. The number of hydrazone groups is 1. The van der Waals surface area contributed by atoms with E-state index in [0.717, 1.165) is 16.6 Å². The molecule has 1 aromatic carbocycles. The molecule has 0 saturated heterocycles. The van der Waals surface area contributed by atoms with Crippen LogP contribution in [-0.2, 0) is 9.47 Å². The summed E-state index contributed by atoms with van der Waals surface area (Å²) < 4.78 is 53.5. The molecular formula is C25H26F3N3O4. The Hall–Kier alpha value is -3.53. The predicted octanol–water partition coefficient (Wildman–Crippen LogP) is 5.06. The molecule has 2 heterocycles. The minimum absolute atomic E-state index is 0.109. The lowest BCUT2D eigenvalue weighted by atomic mass is 9.90. The van der Waals surface area contributed by atoms with Crippen molar-refractivity contribution in [3.05, 3.63) is 70.8 Å². The van der Waals surface area contributed by atoms with Crippen LogP contribution in [0.5, 0.6) is 0 Å². The van der Waals surface area contributed by atoms with Crippen LogP contribution in [0, 0.1) is 12.8 Å². The number of nitrogens with one attached hydrogen (secondary N) is 1. The zero-order chi connectivity index (χ0) is 25.2. The van der Waals surface area contributed by atoms with E-state index < -0.39 is 18.2 Å². The molecule has 2 atom stereocenters. The molecule has 0 bridgehead atoms. The fourth-order valence-electron chi connectivity index (χ4n) is 4.34. The highest BCUT2D eigenvalue weighted by Gasteiger charge is 2.39. The summed E-state index contributed by atoms with van der Waals surface area (Å²) in [4.78, 5) is 14.6. The number of benzene rings is 1.